The second-order valence-electron chi connectivity index (χ2n) is 3.43. The van der Waals surface area contributed by atoms with E-state index in [1.807, 2.05) is 0 Å². The van der Waals surface area contributed by atoms with Crippen LogP contribution in [0.15, 0.2) is 0 Å². The van der Waals surface area contributed by atoms with Crippen LogP contribution in [0.3, 0.4) is 0 Å². The van der Waals surface area contributed by atoms with Crippen LogP contribution in [0.2, 0.25) is 0 Å². The Hall–Kier alpha value is -1.06. The molecule has 0 spiro atoms. The van der Waals surface area contributed by atoms with E-state index in [-0.39, 0.29) is 24.4 Å². The number of nitrogens with one attached hydrogen (secondary N) is 1. The number of ether oxygens (including phenoxy) is 2. The SMILES string of the molecule is CCOC(=O)CC(=N)OC1CCCC1. The second kappa shape index (κ2) is 5.62. The summed E-state index contributed by atoms with van der Waals surface area (Å²) in [7, 11) is 0. The Kier molecular flexibility index (Phi) is 4.43. The first kappa shape index (κ1) is 11.0. The molecule has 0 radical (unpaired) electrons. The highest BCUT2D eigenvalue weighted by atomic mass is 16.5. The molecule has 1 N–H and O–H groups in total. The van der Waals surface area contributed by atoms with E-state index >= 15 is 0 Å². The number of rotatable bonds is 4. The van der Waals surface area contributed by atoms with E-state index in [1.54, 1.807) is 6.92 Å². The Balaban J connectivity index is 2.17. The summed E-state index contributed by atoms with van der Waals surface area (Å²) in [4.78, 5) is 11.0. The molecule has 1 aliphatic rings. The summed E-state index contributed by atoms with van der Waals surface area (Å²) in [5, 5.41) is 7.44. The van der Waals surface area contributed by atoms with Crippen LogP contribution in [0.4, 0.5) is 0 Å². The van der Waals surface area contributed by atoms with Gasteiger partial charge in [0.2, 0.25) is 0 Å². The quantitative estimate of drug-likeness (QED) is 0.427. The summed E-state index contributed by atoms with van der Waals surface area (Å²) >= 11 is 0. The molecular weight excluding hydrogens is 182 g/mol. The number of carbonyl (C=O) groups is 1. The minimum absolute atomic E-state index is 0.0374. The Morgan fingerprint density at radius 3 is 2.64 bits per heavy atom. The normalized spacial score (nSPS) is 16.6. The van der Waals surface area contributed by atoms with Gasteiger partial charge in [-0.2, -0.15) is 0 Å². The van der Waals surface area contributed by atoms with Crippen molar-refractivity contribution in [2.75, 3.05) is 6.61 Å². The monoisotopic (exact) mass is 199 g/mol. The van der Waals surface area contributed by atoms with Crippen LogP contribution in [0.25, 0.3) is 0 Å². The van der Waals surface area contributed by atoms with Gasteiger partial charge < -0.3 is 9.47 Å². The van der Waals surface area contributed by atoms with Gasteiger partial charge in [0.15, 0.2) is 5.90 Å². The van der Waals surface area contributed by atoms with Gasteiger partial charge in [-0.15, -0.1) is 0 Å². The van der Waals surface area contributed by atoms with E-state index in [0.29, 0.717) is 6.61 Å². The molecule has 1 rings (SSSR count). The molecule has 80 valence electrons. The molecular formula is C10H17NO3. The van der Waals surface area contributed by atoms with Crippen LogP contribution >= 0.6 is 0 Å². The Bertz CT molecular complexity index is 209. The van der Waals surface area contributed by atoms with E-state index in [0.717, 1.165) is 25.7 Å². The zero-order chi connectivity index (χ0) is 10.4. The molecule has 1 aliphatic carbocycles. The van der Waals surface area contributed by atoms with Crippen LogP contribution < -0.4 is 0 Å². The van der Waals surface area contributed by atoms with Crippen molar-refractivity contribution >= 4 is 11.9 Å². The third-order valence-electron chi connectivity index (χ3n) is 2.22. The Morgan fingerprint density at radius 1 is 1.43 bits per heavy atom. The maximum Gasteiger partial charge on any atom is 0.315 e. The molecule has 0 bridgehead atoms. The van der Waals surface area contributed by atoms with Crippen LogP contribution in [0, 0.1) is 5.41 Å². The van der Waals surface area contributed by atoms with Crippen LogP contribution in [0.1, 0.15) is 39.0 Å². The minimum Gasteiger partial charge on any atom is -0.477 e. The lowest BCUT2D eigenvalue weighted by atomic mass is 10.3. The molecule has 0 aromatic rings. The van der Waals surface area contributed by atoms with Gasteiger partial charge in [0.25, 0.3) is 0 Å². The molecule has 4 heteroatoms. The predicted molar refractivity (Wildman–Crippen MR) is 52.3 cm³/mol. The fourth-order valence-electron chi connectivity index (χ4n) is 1.59. The van der Waals surface area contributed by atoms with Crippen LogP contribution in [-0.2, 0) is 14.3 Å². The van der Waals surface area contributed by atoms with E-state index in [9.17, 15) is 4.79 Å². The van der Waals surface area contributed by atoms with Crippen LogP contribution in [-0.4, -0.2) is 24.6 Å². The van der Waals surface area contributed by atoms with Gasteiger partial charge in [0.1, 0.15) is 12.5 Å². The lowest BCUT2D eigenvalue weighted by molar-refractivity contribution is -0.141. The molecule has 14 heavy (non-hydrogen) atoms. The van der Waals surface area contributed by atoms with Crippen molar-refractivity contribution in [3.8, 4) is 0 Å². The Labute approximate surface area is 84.1 Å². The van der Waals surface area contributed by atoms with Crippen molar-refractivity contribution in [1.29, 1.82) is 5.41 Å². The average Bonchev–Trinajstić information content (AvgIpc) is 2.56. The summed E-state index contributed by atoms with van der Waals surface area (Å²) in [5.41, 5.74) is 0. The third kappa shape index (κ3) is 3.77. The minimum atomic E-state index is -0.379. The largest absolute Gasteiger partial charge is 0.477 e. The summed E-state index contributed by atoms with van der Waals surface area (Å²) in [6.45, 7) is 2.11. The molecule has 0 heterocycles. The number of carbonyl (C=O) groups excluding carboxylic acids is 1. The number of esters is 1. The first-order valence-corrected chi connectivity index (χ1v) is 5.12. The maximum absolute atomic E-state index is 11.0. The van der Waals surface area contributed by atoms with Gasteiger partial charge in [0.05, 0.1) is 6.61 Å². The highest BCUT2D eigenvalue weighted by Gasteiger charge is 2.18. The van der Waals surface area contributed by atoms with Gasteiger partial charge >= 0.3 is 5.97 Å². The summed E-state index contributed by atoms with van der Waals surface area (Å²) in [6, 6.07) is 0. The van der Waals surface area contributed by atoms with Crippen molar-refractivity contribution in [3.63, 3.8) is 0 Å². The molecule has 0 saturated heterocycles. The van der Waals surface area contributed by atoms with E-state index < -0.39 is 0 Å². The van der Waals surface area contributed by atoms with Crippen molar-refractivity contribution in [2.45, 2.75) is 45.1 Å². The van der Waals surface area contributed by atoms with E-state index in [2.05, 4.69) is 0 Å². The molecule has 0 unspecified atom stereocenters. The first-order valence-electron chi connectivity index (χ1n) is 5.12. The van der Waals surface area contributed by atoms with E-state index in [1.165, 1.54) is 0 Å². The van der Waals surface area contributed by atoms with Crippen molar-refractivity contribution < 1.29 is 14.3 Å². The highest BCUT2D eigenvalue weighted by molar-refractivity contribution is 5.92. The number of hydrogen-bond acceptors (Lipinski definition) is 4. The predicted octanol–water partition coefficient (Wildman–Crippen LogP) is 1.88. The molecule has 1 saturated carbocycles. The number of hydrogen-bond donors (Lipinski definition) is 1. The second-order valence-corrected chi connectivity index (χ2v) is 3.43. The van der Waals surface area contributed by atoms with Crippen LogP contribution in [0.5, 0.6) is 0 Å². The molecule has 0 aromatic heterocycles. The molecule has 0 amide bonds. The van der Waals surface area contributed by atoms with Gasteiger partial charge in [0, 0.05) is 0 Å². The zero-order valence-corrected chi connectivity index (χ0v) is 8.54. The first-order chi connectivity index (χ1) is 6.72. The lowest BCUT2D eigenvalue weighted by Gasteiger charge is -2.12. The van der Waals surface area contributed by atoms with Gasteiger partial charge in [-0.25, -0.2) is 0 Å². The van der Waals surface area contributed by atoms with Gasteiger partial charge in [-0.05, 0) is 32.6 Å². The topological polar surface area (TPSA) is 59.4 Å². The van der Waals surface area contributed by atoms with Crippen molar-refractivity contribution in [3.05, 3.63) is 0 Å². The van der Waals surface area contributed by atoms with Gasteiger partial charge in [-0.3, -0.25) is 10.2 Å². The third-order valence-corrected chi connectivity index (χ3v) is 2.22. The van der Waals surface area contributed by atoms with Gasteiger partial charge in [-0.1, -0.05) is 0 Å². The van der Waals surface area contributed by atoms with Crippen molar-refractivity contribution in [2.24, 2.45) is 0 Å². The summed E-state index contributed by atoms with van der Waals surface area (Å²) in [5.74, 6) is -0.342. The van der Waals surface area contributed by atoms with Crippen molar-refractivity contribution in [1.82, 2.24) is 0 Å². The standard InChI is InChI=1S/C10H17NO3/c1-2-13-10(12)7-9(11)14-8-5-3-4-6-8/h8,11H,2-7H2,1H3. The lowest BCUT2D eigenvalue weighted by Crippen LogP contribution is -2.18. The average molecular weight is 199 g/mol. The maximum atomic E-state index is 11.0. The smallest absolute Gasteiger partial charge is 0.315 e. The molecule has 0 aromatic carbocycles. The fraction of sp³-hybridized carbons (Fsp3) is 0.800. The fourth-order valence-corrected chi connectivity index (χ4v) is 1.59. The summed E-state index contributed by atoms with van der Waals surface area (Å²) in [6.07, 6.45) is 4.45. The highest BCUT2D eigenvalue weighted by Crippen LogP contribution is 2.21. The zero-order valence-electron chi connectivity index (χ0n) is 8.54. The molecule has 1 fully saturated rings. The Morgan fingerprint density at radius 2 is 2.07 bits per heavy atom. The molecule has 0 aliphatic heterocycles. The van der Waals surface area contributed by atoms with E-state index in [4.69, 9.17) is 14.9 Å². The molecule has 4 nitrogen and oxygen atoms in total. The molecule has 0 atom stereocenters. The summed E-state index contributed by atoms with van der Waals surface area (Å²) < 4.78 is 10.0.